The topological polar surface area (TPSA) is 134 Å². The standard InChI is InChI=1S/C15H22N4O5/c1-10(2)9-13(14(21)16-7-8-20)18-15(22)17-11-3-5-12(6-4-11)19(23)24/h3-6,10,13,20H,7-9H2,1-2H3,(H,16,21)(H2,17,18,22)/t13-/m0/s1. The van der Waals surface area contributed by atoms with Crippen LogP contribution in [0.4, 0.5) is 16.2 Å². The summed E-state index contributed by atoms with van der Waals surface area (Å²) in [7, 11) is 0. The number of nitro benzene ring substituents is 1. The van der Waals surface area contributed by atoms with Crippen molar-refractivity contribution >= 4 is 23.3 Å². The lowest BCUT2D eigenvalue weighted by Crippen LogP contribution is -2.49. The summed E-state index contributed by atoms with van der Waals surface area (Å²) in [4.78, 5) is 34.1. The molecule has 4 N–H and O–H groups in total. The van der Waals surface area contributed by atoms with Gasteiger partial charge in [0.15, 0.2) is 0 Å². The molecule has 0 unspecified atom stereocenters. The van der Waals surface area contributed by atoms with Gasteiger partial charge < -0.3 is 21.1 Å². The Kier molecular flexibility index (Phi) is 7.63. The summed E-state index contributed by atoms with van der Waals surface area (Å²) in [6.45, 7) is 3.76. The molecule has 0 radical (unpaired) electrons. The number of urea groups is 1. The van der Waals surface area contributed by atoms with Crippen molar-refractivity contribution in [2.75, 3.05) is 18.5 Å². The van der Waals surface area contributed by atoms with E-state index in [0.717, 1.165) is 0 Å². The average Bonchev–Trinajstić information content (AvgIpc) is 2.51. The smallest absolute Gasteiger partial charge is 0.319 e. The molecule has 0 aliphatic heterocycles. The zero-order valence-corrected chi connectivity index (χ0v) is 13.6. The fourth-order valence-electron chi connectivity index (χ4n) is 2.00. The molecule has 1 aromatic carbocycles. The highest BCUT2D eigenvalue weighted by atomic mass is 16.6. The number of carbonyl (C=O) groups is 2. The predicted octanol–water partition coefficient (Wildman–Crippen LogP) is 1.24. The lowest BCUT2D eigenvalue weighted by Gasteiger charge is -2.20. The van der Waals surface area contributed by atoms with E-state index in [9.17, 15) is 19.7 Å². The minimum Gasteiger partial charge on any atom is -0.395 e. The van der Waals surface area contributed by atoms with Crippen LogP contribution in [-0.4, -0.2) is 41.2 Å². The van der Waals surface area contributed by atoms with Crippen molar-refractivity contribution in [3.63, 3.8) is 0 Å². The number of hydrogen-bond donors (Lipinski definition) is 4. The number of nitro groups is 1. The van der Waals surface area contributed by atoms with Crippen molar-refractivity contribution in [1.29, 1.82) is 0 Å². The highest BCUT2D eigenvalue weighted by Crippen LogP contribution is 2.15. The number of nitrogens with one attached hydrogen (secondary N) is 3. The fraction of sp³-hybridized carbons (Fsp3) is 0.467. The number of aliphatic hydroxyl groups excluding tert-OH is 1. The summed E-state index contributed by atoms with van der Waals surface area (Å²) in [5.41, 5.74) is 0.291. The van der Waals surface area contributed by atoms with E-state index in [2.05, 4.69) is 16.0 Å². The Morgan fingerprint density at radius 1 is 1.25 bits per heavy atom. The third kappa shape index (κ3) is 6.61. The zero-order chi connectivity index (χ0) is 18.1. The normalized spacial score (nSPS) is 11.7. The highest BCUT2D eigenvalue weighted by Gasteiger charge is 2.21. The molecule has 1 rings (SSSR count). The first kappa shape index (κ1) is 19.4. The van der Waals surface area contributed by atoms with Crippen LogP contribution in [0.25, 0.3) is 0 Å². The van der Waals surface area contributed by atoms with Crippen LogP contribution >= 0.6 is 0 Å². The van der Waals surface area contributed by atoms with Gasteiger partial charge in [-0.3, -0.25) is 14.9 Å². The van der Waals surface area contributed by atoms with Crippen LogP contribution in [0, 0.1) is 16.0 Å². The molecule has 0 aromatic heterocycles. The Morgan fingerprint density at radius 3 is 2.38 bits per heavy atom. The molecule has 0 saturated carbocycles. The van der Waals surface area contributed by atoms with Crippen LogP contribution in [0.15, 0.2) is 24.3 Å². The Labute approximate surface area is 139 Å². The van der Waals surface area contributed by atoms with Gasteiger partial charge in [0.25, 0.3) is 5.69 Å². The number of hydrogen-bond acceptors (Lipinski definition) is 5. The van der Waals surface area contributed by atoms with Crippen molar-refractivity contribution in [2.24, 2.45) is 5.92 Å². The van der Waals surface area contributed by atoms with E-state index in [1.165, 1.54) is 24.3 Å². The van der Waals surface area contributed by atoms with Gasteiger partial charge in [-0.1, -0.05) is 13.8 Å². The second kappa shape index (κ2) is 9.46. The summed E-state index contributed by atoms with van der Waals surface area (Å²) in [6, 6.07) is 4.02. The lowest BCUT2D eigenvalue weighted by molar-refractivity contribution is -0.384. The third-order valence-corrected chi connectivity index (χ3v) is 3.08. The molecule has 0 aliphatic rings. The van der Waals surface area contributed by atoms with Gasteiger partial charge in [0.2, 0.25) is 5.91 Å². The molecule has 24 heavy (non-hydrogen) atoms. The molecule has 0 heterocycles. The van der Waals surface area contributed by atoms with Crippen molar-refractivity contribution < 1.29 is 19.6 Å². The molecule has 0 spiro atoms. The predicted molar refractivity (Wildman–Crippen MR) is 88.6 cm³/mol. The summed E-state index contributed by atoms with van der Waals surface area (Å²) in [6.07, 6.45) is 0.435. The second-order valence-electron chi connectivity index (χ2n) is 5.60. The maximum atomic E-state index is 12.0. The minimum absolute atomic E-state index is 0.0815. The molecule has 0 saturated heterocycles. The molecule has 1 aromatic rings. The van der Waals surface area contributed by atoms with Crippen LogP contribution in [-0.2, 0) is 4.79 Å². The van der Waals surface area contributed by atoms with Gasteiger partial charge in [-0.2, -0.15) is 0 Å². The zero-order valence-electron chi connectivity index (χ0n) is 13.6. The number of non-ortho nitro benzene ring substituents is 1. The van der Waals surface area contributed by atoms with Gasteiger partial charge in [0.1, 0.15) is 6.04 Å². The second-order valence-corrected chi connectivity index (χ2v) is 5.60. The molecule has 9 nitrogen and oxygen atoms in total. The fourth-order valence-corrected chi connectivity index (χ4v) is 2.00. The van der Waals surface area contributed by atoms with Gasteiger partial charge >= 0.3 is 6.03 Å². The number of anilines is 1. The summed E-state index contributed by atoms with van der Waals surface area (Å²) in [5, 5.41) is 26.9. The Balaban J connectivity index is 2.66. The molecule has 3 amide bonds. The lowest BCUT2D eigenvalue weighted by atomic mass is 10.0. The first-order valence-corrected chi connectivity index (χ1v) is 7.54. The summed E-state index contributed by atoms with van der Waals surface area (Å²) >= 11 is 0. The van der Waals surface area contributed by atoms with E-state index in [4.69, 9.17) is 5.11 Å². The summed E-state index contributed by atoms with van der Waals surface area (Å²) < 4.78 is 0. The van der Waals surface area contributed by atoms with Crippen LogP contribution < -0.4 is 16.0 Å². The van der Waals surface area contributed by atoms with Crippen molar-refractivity contribution in [3.05, 3.63) is 34.4 Å². The number of nitrogens with zero attached hydrogens (tertiary/aromatic N) is 1. The third-order valence-electron chi connectivity index (χ3n) is 3.08. The van der Waals surface area contributed by atoms with Crippen molar-refractivity contribution in [3.8, 4) is 0 Å². The van der Waals surface area contributed by atoms with Gasteiger partial charge in [-0.05, 0) is 24.5 Å². The largest absolute Gasteiger partial charge is 0.395 e. The molecule has 132 valence electrons. The molecule has 1 atom stereocenters. The molecule has 0 fully saturated rings. The monoisotopic (exact) mass is 338 g/mol. The number of amides is 3. The van der Waals surface area contributed by atoms with Crippen molar-refractivity contribution in [2.45, 2.75) is 26.3 Å². The van der Waals surface area contributed by atoms with E-state index in [1.54, 1.807) is 0 Å². The van der Waals surface area contributed by atoms with Gasteiger partial charge in [0, 0.05) is 24.4 Å². The summed E-state index contributed by atoms with van der Waals surface area (Å²) in [5.74, 6) is -0.203. The number of benzene rings is 1. The average molecular weight is 338 g/mol. The Bertz CT molecular complexity index is 574. The van der Waals surface area contributed by atoms with Crippen LogP contribution in [0.1, 0.15) is 20.3 Å². The molecule has 0 aliphatic carbocycles. The number of rotatable bonds is 8. The van der Waals surface area contributed by atoms with E-state index < -0.39 is 17.0 Å². The molecule has 9 heteroatoms. The molecular formula is C15H22N4O5. The Hall–Kier alpha value is -2.68. The first-order valence-electron chi connectivity index (χ1n) is 7.54. The van der Waals surface area contributed by atoms with E-state index in [-0.39, 0.29) is 30.7 Å². The number of carbonyl (C=O) groups excluding carboxylic acids is 2. The van der Waals surface area contributed by atoms with E-state index in [0.29, 0.717) is 12.1 Å². The quantitative estimate of drug-likeness (QED) is 0.418. The van der Waals surface area contributed by atoms with Gasteiger partial charge in [-0.15, -0.1) is 0 Å². The highest BCUT2D eigenvalue weighted by molar-refractivity contribution is 5.93. The first-order chi connectivity index (χ1) is 11.3. The van der Waals surface area contributed by atoms with Gasteiger partial charge in [0.05, 0.1) is 11.5 Å². The van der Waals surface area contributed by atoms with Gasteiger partial charge in [-0.25, -0.2) is 4.79 Å². The Morgan fingerprint density at radius 2 is 1.88 bits per heavy atom. The number of aliphatic hydroxyl groups is 1. The molecule has 0 bridgehead atoms. The maximum absolute atomic E-state index is 12.0. The maximum Gasteiger partial charge on any atom is 0.319 e. The minimum atomic E-state index is -0.741. The SMILES string of the molecule is CC(C)C[C@H](NC(=O)Nc1ccc([N+](=O)[O-])cc1)C(=O)NCCO. The van der Waals surface area contributed by atoms with E-state index >= 15 is 0 Å². The van der Waals surface area contributed by atoms with E-state index in [1.807, 2.05) is 13.8 Å². The van der Waals surface area contributed by atoms with Crippen LogP contribution in [0.2, 0.25) is 0 Å². The van der Waals surface area contributed by atoms with Crippen molar-refractivity contribution in [1.82, 2.24) is 10.6 Å². The van der Waals surface area contributed by atoms with Crippen LogP contribution in [0.5, 0.6) is 0 Å². The van der Waals surface area contributed by atoms with Crippen LogP contribution in [0.3, 0.4) is 0 Å². The molecular weight excluding hydrogens is 316 g/mol.